The van der Waals surface area contributed by atoms with Gasteiger partial charge in [-0.2, -0.15) is 0 Å². The molecule has 0 aromatic carbocycles. The van der Waals surface area contributed by atoms with Crippen LogP contribution in [0.25, 0.3) is 0 Å². The Bertz CT molecular complexity index is 399. The zero-order valence-electron chi connectivity index (χ0n) is 8.33. The van der Waals surface area contributed by atoms with E-state index in [0.717, 1.165) is 5.69 Å². The number of imidazole rings is 1. The van der Waals surface area contributed by atoms with Crippen LogP contribution in [0.15, 0.2) is 6.20 Å². The number of amides is 2. The number of nitrogens with zero attached hydrogens (tertiary/aromatic N) is 1. The minimum atomic E-state index is -0.381. The van der Waals surface area contributed by atoms with E-state index in [1.807, 2.05) is 6.92 Å². The highest BCUT2D eigenvalue weighted by Crippen LogP contribution is 2.10. The summed E-state index contributed by atoms with van der Waals surface area (Å²) in [5.41, 5.74) is 0.921. The molecule has 6 heteroatoms. The highest BCUT2D eigenvalue weighted by atomic mass is 16.2. The highest BCUT2D eigenvalue weighted by molar-refractivity contribution is 6.01. The number of H-pyrrole nitrogens is 1. The van der Waals surface area contributed by atoms with Gasteiger partial charge >= 0.3 is 0 Å². The van der Waals surface area contributed by atoms with Crippen molar-refractivity contribution in [1.29, 1.82) is 0 Å². The van der Waals surface area contributed by atoms with Crippen LogP contribution in [0.5, 0.6) is 0 Å². The van der Waals surface area contributed by atoms with E-state index in [1.54, 1.807) is 6.20 Å². The topological polar surface area (TPSA) is 86.9 Å². The lowest BCUT2D eigenvalue weighted by Gasteiger charge is -2.21. The summed E-state index contributed by atoms with van der Waals surface area (Å²) in [6, 6.07) is -0.381. The van der Waals surface area contributed by atoms with Crippen LogP contribution in [0.2, 0.25) is 0 Å². The molecule has 1 unspecified atom stereocenters. The summed E-state index contributed by atoms with van der Waals surface area (Å²) in [5, 5.41) is 5.22. The first-order valence-electron chi connectivity index (χ1n) is 4.77. The van der Waals surface area contributed by atoms with Gasteiger partial charge < -0.3 is 10.3 Å². The lowest BCUT2D eigenvalue weighted by molar-refractivity contribution is -0.133. The molecule has 1 aromatic rings. The van der Waals surface area contributed by atoms with Crippen LogP contribution >= 0.6 is 0 Å². The number of aromatic nitrogens is 2. The molecule has 2 heterocycles. The van der Waals surface area contributed by atoms with Gasteiger partial charge in [0.05, 0.1) is 0 Å². The van der Waals surface area contributed by atoms with Gasteiger partial charge in [0.25, 0.3) is 0 Å². The molecule has 1 saturated heterocycles. The van der Waals surface area contributed by atoms with Crippen LogP contribution in [0.1, 0.15) is 18.5 Å². The summed E-state index contributed by atoms with van der Waals surface area (Å²) in [5.74, 6) is 0.0518. The number of rotatable bonds is 2. The van der Waals surface area contributed by atoms with Crippen molar-refractivity contribution in [3.05, 3.63) is 11.9 Å². The Morgan fingerprint density at radius 2 is 2.33 bits per heavy atom. The quantitative estimate of drug-likeness (QED) is 0.594. The van der Waals surface area contributed by atoms with Crippen LogP contribution in [0.3, 0.4) is 0 Å². The standard InChI is InChI=1S/C9H12N4O2/c1-5-4-10-9(11-5)12-6-2-3-7(14)13-8(6)15/h4,6H,2-3H2,1H3,(H2,10,11,12)(H,13,14,15). The van der Waals surface area contributed by atoms with E-state index in [1.165, 1.54) is 0 Å². The van der Waals surface area contributed by atoms with E-state index in [0.29, 0.717) is 18.8 Å². The molecule has 3 N–H and O–H groups in total. The first kappa shape index (κ1) is 9.70. The molecule has 1 aliphatic heterocycles. The molecular weight excluding hydrogens is 196 g/mol. The van der Waals surface area contributed by atoms with Gasteiger partial charge in [0.15, 0.2) is 0 Å². The number of hydrogen-bond donors (Lipinski definition) is 3. The maximum Gasteiger partial charge on any atom is 0.249 e. The summed E-state index contributed by atoms with van der Waals surface area (Å²) in [4.78, 5) is 29.3. The third-order valence-corrected chi connectivity index (χ3v) is 2.25. The first-order valence-corrected chi connectivity index (χ1v) is 4.77. The van der Waals surface area contributed by atoms with Gasteiger partial charge in [-0.1, -0.05) is 0 Å². The van der Waals surface area contributed by atoms with Crippen LogP contribution < -0.4 is 10.6 Å². The van der Waals surface area contributed by atoms with E-state index in [4.69, 9.17) is 0 Å². The Hall–Kier alpha value is -1.85. The van der Waals surface area contributed by atoms with Crippen molar-refractivity contribution in [2.75, 3.05) is 5.32 Å². The van der Waals surface area contributed by atoms with Gasteiger partial charge in [-0.05, 0) is 13.3 Å². The summed E-state index contributed by atoms with van der Waals surface area (Å²) in [6.07, 6.45) is 2.54. The number of carbonyl (C=O) groups excluding carboxylic acids is 2. The van der Waals surface area contributed by atoms with Gasteiger partial charge in [-0.15, -0.1) is 0 Å². The molecule has 1 aliphatic rings. The van der Waals surface area contributed by atoms with Crippen LogP contribution in [-0.2, 0) is 9.59 Å². The van der Waals surface area contributed by atoms with Gasteiger partial charge in [0.1, 0.15) is 6.04 Å². The van der Waals surface area contributed by atoms with Crippen LogP contribution in [0.4, 0.5) is 5.95 Å². The minimum absolute atomic E-state index is 0.214. The number of aromatic amines is 1. The van der Waals surface area contributed by atoms with Crippen LogP contribution in [-0.4, -0.2) is 27.8 Å². The monoisotopic (exact) mass is 208 g/mol. The van der Waals surface area contributed by atoms with Crippen molar-refractivity contribution < 1.29 is 9.59 Å². The summed E-state index contributed by atoms with van der Waals surface area (Å²) in [7, 11) is 0. The van der Waals surface area contributed by atoms with Crippen molar-refractivity contribution in [1.82, 2.24) is 15.3 Å². The highest BCUT2D eigenvalue weighted by Gasteiger charge is 2.26. The molecule has 1 aromatic heterocycles. The Kier molecular flexibility index (Phi) is 2.40. The number of piperidine rings is 1. The molecule has 0 saturated carbocycles. The van der Waals surface area contributed by atoms with Crippen molar-refractivity contribution in [3.63, 3.8) is 0 Å². The zero-order valence-corrected chi connectivity index (χ0v) is 8.33. The minimum Gasteiger partial charge on any atom is -0.344 e. The number of nitrogens with one attached hydrogen (secondary N) is 3. The molecule has 6 nitrogen and oxygen atoms in total. The molecule has 1 atom stereocenters. The van der Waals surface area contributed by atoms with Crippen molar-refractivity contribution in [3.8, 4) is 0 Å². The molecule has 15 heavy (non-hydrogen) atoms. The number of anilines is 1. The van der Waals surface area contributed by atoms with Gasteiger partial charge in [0.2, 0.25) is 17.8 Å². The van der Waals surface area contributed by atoms with Crippen molar-refractivity contribution >= 4 is 17.8 Å². The Balaban J connectivity index is 2.00. The lowest BCUT2D eigenvalue weighted by atomic mass is 10.1. The largest absolute Gasteiger partial charge is 0.344 e. The number of hydrogen-bond acceptors (Lipinski definition) is 4. The van der Waals surface area contributed by atoms with E-state index in [2.05, 4.69) is 20.6 Å². The zero-order chi connectivity index (χ0) is 10.8. The van der Waals surface area contributed by atoms with Crippen molar-refractivity contribution in [2.24, 2.45) is 0 Å². The molecule has 2 rings (SSSR count). The maximum atomic E-state index is 11.4. The molecule has 0 spiro atoms. The summed E-state index contributed by atoms with van der Waals surface area (Å²) in [6.45, 7) is 1.88. The van der Waals surface area contributed by atoms with Crippen LogP contribution in [0, 0.1) is 6.92 Å². The van der Waals surface area contributed by atoms with Gasteiger partial charge in [0, 0.05) is 18.3 Å². The molecule has 0 aliphatic carbocycles. The third kappa shape index (κ3) is 2.15. The molecule has 0 radical (unpaired) electrons. The van der Waals surface area contributed by atoms with E-state index < -0.39 is 0 Å². The second-order valence-corrected chi connectivity index (χ2v) is 3.56. The fourth-order valence-electron chi connectivity index (χ4n) is 1.48. The molecule has 2 amide bonds. The lowest BCUT2D eigenvalue weighted by Crippen LogP contribution is -2.47. The summed E-state index contributed by atoms with van der Waals surface area (Å²) < 4.78 is 0. The SMILES string of the molecule is Cc1cnc(NC2CCC(=O)NC2=O)[nH]1. The second-order valence-electron chi connectivity index (χ2n) is 3.56. The first-order chi connectivity index (χ1) is 7.15. The number of imide groups is 1. The van der Waals surface area contributed by atoms with E-state index in [9.17, 15) is 9.59 Å². The predicted molar refractivity (Wildman–Crippen MR) is 53.1 cm³/mol. The van der Waals surface area contributed by atoms with E-state index >= 15 is 0 Å². The number of carbonyl (C=O) groups is 2. The maximum absolute atomic E-state index is 11.4. The molecule has 1 fully saturated rings. The fraction of sp³-hybridized carbons (Fsp3) is 0.444. The smallest absolute Gasteiger partial charge is 0.249 e. The van der Waals surface area contributed by atoms with E-state index in [-0.39, 0.29) is 17.9 Å². The normalized spacial score (nSPS) is 21.3. The Morgan fingerprint density at radius 1 is 1.53 bits per heavy atom. The predicted octanol–water partition coefficient (Wildman–Crippen LogP) is -0.0648. The molecule has 0 bridgehead atoms. The number of aryl methyl sites for hydroxylation is 1. The molecule has 80 valence electrons. The van der Waals surface area contributed by atoms with Gasteiger partial charge in [-0.3, -0.25) is 14.9 Å². The Morgan fingerprint density at radius 3 is 2.93 bits per heavy atom. The average molecular weight is 208 g/mol. The second kappa shape index (κ2) is 3.72. The fourth-order valence-corrected chi connectivity index (χ4v) is 1.48. The molecular formula is C9H12N4O2. The summed E-state index contributed by atoms with van der Waals surface area (Å²) >= 11 is 0. The Labute approximate surface area is 86.5 Å². The van der Waals surface area contributed by atoms with Gasteiger partial charge in [-0.25, -0.2) is 4.98 Å². The average Bonchev–Trinajstić information content (AvgIpc) is 2.56. The van der Waals surface area contributed by atoms with Crippen molar-refractivity contribution in [2.45, 2.75) is 25.8 Å². The third-order valence-electron chi connectivity index (χ3n) is 2.25.